The molecule has 0 aromatic carbocycles. The predicted octanol–water partition coefficient (Wildman–Crippen LogP) is 2.00. The van der Waals surface area contributed by atoms with Gasteiger partial charge in [-0.05, 0) is 25.0 Å². The quantitative estimate of drug-likeness (QED) is 0.633. The van der Waals surface area contributed by atoms with Gasteiger partial charge in [0.2, 0.25) is 0 Å². The smallest absolute Gasteiger partial charge is 0.191 e. The maximum absolute atomic E-state index is 5.31. The third-order valence-electron chi connectivity index (χ3n) is 3.69. The zero-order chi connectivity index (χ0) is 15.9. The lowest BCUT2D eigenvalue weighted by atomic mass is 10.1. The first-order chi connectivity index (χ1) is 10.7. The SMILES string of the molecule is CCc1nn(C)c(CC)c1CNC(=NC)NCc1ccco1. The summed E-state index contributed by atoms with van der Waals surface area (Å²) in [4.78, 5) is 4.25. The van der Waals surface area contributed by atoms with Crippen LogP contribution >= 0.6 is 0 Å². The highest BCUT2D eigenvalue weighted by molar-refractivity contribution is 5.79. The van der Waals surface area contributed by atoms with Crippen LogP contribution in [0.25, 0.3) is 0 Å². The standard InChI is InChI=1S/C16H25N5O/c1-5-14-13(15(6-2)21(4)20-14)11-19-16(17-3)18-10-12-8-7-9-22-12/h7-9H,5-6,10-11H2,1-4H3,(H2,17,18,19). The summed E-state index contributed by atoms with van der Waals surface area (Å²) in [7, 11) is 3.77. The summed E-state index contributed by atoms with van der Waals surface area (Å²) >= 11 is 0. The Morgan fingerprint density at radius 3 is 2.64 bits per heavy atom. The third-order valence-corrected chi connectivity index (χ3v) is 3.69. The monoisotopic (exact) mass is 303 g/mol. The molecule has 2 aromatic heterocycles. The molecule has 0 saturated carbocycles. The Hall–Kier alpha value is -2.24. The first kappa shape index (κ1) is 16.1. The van der Waals surface area contributed by atoms with Crippen molar-refractivity contribution in [3.63, 3.8) is 0 Å². The van der Waals surface area contributed by atoms with Gasteiger partial charge >= 0.3 is 0 Å². The number of aryl methyl sites for hydroxylation is 2. The molecule has 22 heavy (non-hydrogen) atoms. The van der Waals surface area contributed by atoms with Crippen molar-refractivity contribution in [1.82, 2.24) is 20.4 Å². The van der Waals surface area contributed by atoms with Crippen LogP contribution in [0.4, 0.5) is 0 Å². The average molecular weight is 303 g/mol. The van der Waals surface area contributed by atoms with Crippen LogP contribution in [0.5, 0.6) is 0 Å². The van der Waals surface area contributed by atoms with Gasteiger partial charge in [0.25, 0.3) is 0 Å². The number of hydrogen-bond donors (Lipinski definition) is 2. The van der Waals surface area contributed by atoms with Crippen LogP contribution in [0, 0.1) is 0 Å². The van der Waals surface area contributed by atoms with E-state index in [-0.39, 0.29) is 0 Å². The van der Waals surface area contributed by atoms with Crippen LogP contribution in [0.2, 0.25) is 0 Å². The molecule has 0 saturated heterocycles. The minimum atomic E-state index is 0.612. The molecular weight excluding hydrogens is 278 g/mol. The van der Waals surface area contributed by atoms with Gasteiger partial charge in [0.15, 0.2) is 5.96 Å². The van der Waals surface area contributed by atoms with Gasteiger partial charge in [-0.2, -0.15) is 5.10 Å². The van der Waals surface area contributed by atoms with Gasteiger partial charge in [-0.3, -0.25) is 9.67 Å². The van der Waals surface area contributed by atoms with E-state index in [2.05, 4.69) is 34.6 Å². The number of aliphatic imine (C=N–C) groups is 1. The van der Waals surface area contributed by atoms with Crippen LogP contribution in [0.3, 0.4) is 0 Å². The molecule has 0 aliphatic heterocycles. The molecule has 2 heterocycles. The van der Waals surface area contributed by atoms with E-state index in [1.54, 1.807) is 13.3 Å². The highest BCUT2D eigenvalue weighted by atomic mass is 16.3. The van der Waals surface area contributed by atoms with Gasteiger partial charge in [0, 0.05) is 31.9 Å². The van der Waals surface area contributed by atoms with E-state index in [0.717, 1.165) is 36.8 Å². The summed E-state index contributed by atoms with van der Waals surface area (Å²) < 4.78 is 7.29. The lowest BCUT2D eigenvalue weighted by Gasteiger charge is -2.12. The summed E-state index contributed by atoms with van der Waals surface area (Å²) in [5.41, 5.74) is 3.69. The van der Waals surface area contributed by atoms with Gasteiger partial charge in [0.1, 0.15) is 5.76 Å². The Balaban J connectivity index is 1.98. The van der Waals surface area contributed by atoms with E-state index in [1.165, 1.54) is 11.3 Å². The first-order valence-corrected chi connectivity index (χ1v) is 7.70. The van der Waals surface area contributed by atoms with Gasteiger partial charge in [-0.25, -0.2) is 0 Å². The number of aromatic nitrogens is 2. The van der Waals surface area contributed by atoms with Crippen molar-refractivity contribution < 1.29 is 4.42 Å². The van der Waals surface area contributed by atoms with Crippen molar-refractivity contribution in [3.8, 4) is 0 Å². The zero-order valence-corrected chi connectivity index (χ0v) is 13.8. The van der Waals surface area contributed by atoms with Crippen molar-refractivity contribution >= 4 is 5.96 Å². The minimum Gasteiger partial charge on any atom is -0.467 e. The molecule has 6 nitrogen and oxygen atoms in total. The molecule has 0 amide bonds. The molecular formula is C16H25N5O. The summed E-state index contributed by atoms with van der Waals surface area (Å²) in [6.45, 7) is 5.62. The molecule has 0 bridgehead atoms. The van der Waals surface area contributed by atoms with Crippen LogP contribution in [-0.4, -0.2) is 22.8 Å². The van der Waals surface area contributed by atoms with Gasteiger partial charge in [0.05, 0.1) is 18.5 Å². The Labute approximate surface area is 131 Å². The molecule has 0 spiro atoms. The topological polar surface area (TPSA) is 67.4 Å². The summed E-state index contributed by atoms with van der Waals surface area (Å²) in [5, 5.41) is 11.2. The molecule has 2 aromatic rings. The summed E-state index contributed by atoms with van der Waals surface area (Å²) in [6, 6.07) is 3.82. The molecule has 0 radical (unpaired) electrons. The van der Waals surface area contributed by atoms with E-state index in [4.69, 9.17) is 4.42 Å². The number of nitrogens with one attached hydrogen (secondary N) is 2. The maximum Gasteiger partial charge on any atom is 0.191 e. The number of nitrogens with zero attached hydrogens (tertiary/aromatic N) is 3. The normalized spacial score (nSPS) is 11.7. The van der Waals surface area contributed by atoms with Crippen molar-refractivity contribution in [3.05, 3.63) is 41.1 Å². The van der Waals surface area contributed by atoms with E-state index < -0.39 is 0 Å². The van der Waals surface area contributed by atoms with Gasteiger partial charge in [-0.1, -0.05) is 13.8 Å². The first-order valence-electron chi connectivity index (χ1n) is 7.70. The lowest BCUT2D eigenvalue weighted by molar-refractivity contribution is 0.501. The van der Waals surface area contributed by atoms with Crippen LogP contribution < -0.4 is 10.6 Å². The summed E-state index contributed by atoms with van der Waals surface area (Å²) in [6.07, 6.45) is 3.58. The number of furan rings is 1. The Bertz CT molecular complexity index is 613. The second-order valence-electron chi connectivity index (χ2n) is 5.06. The molecule has 0 unspecified atom stereocenters. The Morgan fingerprint density at radius 1 is 1.27 bits per heavy atom. The van der Waals surface area contributed by atoms with Crippen LogP contribution in [0.1, 0.15) is 36.6 Å². The number of rotatable bonds is 6. The minimum absolute atomic E-state index is 0.612. The zero-order valence-electron chi connectivity index (χ0n) is 13.8. The van der Waals surface area contributed by atoms with E-state index in [1.807, 2.05) is 23.9 Å². The van der Waals surface area contributed by atoms with Crippen LogP contribution in [0.15, 0.2) is 27.8 Å². The fourth-order valence-electron chi connectivity index (χ4n) is 2.57. The molecule has 0 aliphatic rings. The second kappa shape index (κ2) is 7.68. The number of guanidine groups is 1. The van der Waals surface area contributed by atoms with E-state index in [0.29, 0.717) is 6.54 Å². The van der Waals surface area contributed by atoms with E-state index >= 15 is 0 Å². The molecule has 0 aliphatic carbocycles. The third kappa shape index (κ3) is 3.69. The van der Waals surface area contributed by atoms with Crippen molar-refractivity contribution in [2.75, 3.05) is 7.05 Å². The van der Waals surface area contributed by atoms with Crippen LogP contribution in [-0.2, 0) is 33.0 Å². The fourth-order valence-corrected chi connectivity index (χ4v) is 2.57. The van der Waals surface area contributed by atoms with Crippen molar-refractivity contribution in [2.45, 2.75) is 39.8 Å². The van der Waals surface area contributed by atoms with Gasteiger partial charge in [-0.15, -0.1) is 0 Å². The van der Waals surface area contributed by atoms with Gasteiger partial charge < -0.3 is 15.1 Å². The molecule has 2 rings (SSSR count). The van der Waals surface area contributed by atoms with Crippen molar-refractivity contribution in [2.24, 2.45) is 12.0 Å². The maximum atomic E-state index is 5.31. The predicted molar refractivity (Wildman–Crippen MR) is 87.7 cm³/mol. The summed E-state index contributed by atoms with van der Waals surface area (Å²) in [5.74, 6) is 1.64. The molecule has 120 valence electrons. The average Bonchev–Trinajstić information content (AvgIpc) is 3.14. The fraction of sp³-hybridized carbons (Fsp3) is 0.500. The Kier molecular flexibility index (Phi) is 5.63. The highest BCUT2D eigenvalue weighted by Crippen LogP contribution is 2.15. The lowest BCUT2D eigenvalue weighted by Crippen LogP contribution is -2.36. The highest BCUT2D eigenvalue weighted by Gasteiger charge is 2.13. The number of hydrogen-bond acceptors (Lipinski definition) is 3. The molecule has 6 heteroatoms. The molecule has 2 N–H and O–H groups in total. The Morgan fingerprint density at radius 2 is 2.05 bits per heavy atom. The second-order valence-corrected chi connectivity index (χ2v) is 5.06. The molecule has 0 fully saturated rings. The van der Waals surface area contributed by atoms with E-state index in [9.17, 15) is 0 Å². The largest absolute Gasteiger partial charge is 0.467 e. The molecule has 0 atom stereocenters. The van der Waals surface area contributed by atoms with Crippen molar-refractivity contribution in [1.29, 1.82) is 0 Å².